The van der Waals surface area contributed by atoms with E-state index in [0.29, 0.717) is 40.4 Å². The smallest absolute Gasteiger partial charge is 0.262 e. The number of hydrogen-bond acceptors (Lipinski definition) is 4. The van der Waals surface area contributed by atoms with Crippen molar-refractivity contribution in [1.29, 1.82) is 0 Å². The lowest BCUT2D eigenvalue weighted by atomic mass is 10.2. The van der Waals surface area contributed by atoms with E-state index in [0.717, 1.165) is 11.3 Å². The highest BCUT2D eigenvalue weighted by molar-refractivity contribution is 6.30. The number of nitrogens with one attached hydrogen (secondary N) is 2. The first-order valence-corrected chi connectivity index (χ1v) is 10.2. The number of carbonyl (C=O) groups excluding carboxylic acids is 1. The van der Waals surface area contributed by atoms with Gasteiger partial charge in [0.1, 0.15) is 0 Å². The monoisotopic (exact) mass is 444 g/mol. The molecule has 3 aromatic carbocycles. The molecule has 0 unspecified atom stereocenters. The molecular weight excluding hydrogens is 423 g/mol. The second-order valence-corrected chi connectivity index (χ2v) is 7.29. The number of amides is 1. The molecule has 0 aromatic heterocycles. The Labute approximate surface area is 185 Å². The summed E-state index contributed by atoms with van der Waals surface area (Å²) < 4.78 is 11.4. The molecule has 1 amide bonds. The summed E-state index contributed by atoms with van der Waals surface area (Å²) >= 11 is 11.8. The van der Waals surface area contributed by atoms with Crippen molar-refractivity contribution in [2.24, 2.45) is 0 Å². The molecule has 0 heterocycles. The van der Waals surface area contributed by atoms with Crippen LogP contribution in [0.5, 0.6) is 11.5 Å². The van der Waals surface area contributed by atoms with Crippen molar-refractivity contribution in [3.8, 4) is 11.5 Å². The molecule has 0 atom stereocenters. The van der Waals surface area contributed by atoms with Gasteiger partial charge in [-0.1, -0.05) is 29.3 Å². The van der Waals surface area contributed by atoms with E-state index in [1.165, 1.54) is 0 Å². The maximum Gasteiger partial charge on any atom is 0.262 e. The Hall–Kier alpha value is -2.89. The summed E-state index contributed by atoms with van der Waals surface area (Å²) in [5, 5.41) is 7.39. The Morgan fingerprint density at radius 2 is 1.47 bits per heavy atom. The Bertz CT molecular complexity index is 977. The van der Waals surface area contributed by atoms with Crippen LogP contribution >= 0.6 is 23.2 Å². The third-order valence-corrected chi connectivity index (χ3v) is 4.64. The van der Waals surface area contributed by atoms with E-state index in [9.17, 15) is 4.79 Å². The molecular formula is C23H22Cl2N2O3. The van der Waals surface area contributed by atoms with E-state index >= 15 is 0 Å². The van der Waals surface area contributed by atoms with E-state index in [2.05, 4.69) is 10.6 Å². The van der Waals surface area contributed by atoms with Gasteiger partial charge in [0.15, 0.2) is 18.1 Å². The number of carbonyl (C=O) groups is 1. The third kappa shape index (κ3) is 6.58. The van der Waals surface area contributed by atoms with Gasteiger partial charge in [-0.15, -0.1) is 0 Å². The molecule has 0 fully saturated rings. The van der Waals surface area contributed by atoms with Crippen molar-refractivity contribution in [2.75, 3.05) is 23.8 Å². The van der Waals surface area contributed by atoms with E-state index in [1.54, 1.807) is 30.3 Å². The third-order valence-electron chi connectivity index (χ3n) is 4.14. The fourth-order valence-corrected chi connectivity index (χ4v) is 2.95. The van der Waals surface area contributed by atoms with E-state index in [4.69, 9.17) is 32.7 Å². The molecule has 0 spiro atoms. The maximum absolute atomic E-state index is 12.2. The topological polar surface area (TPSA) is 59.6 Å². The Morgan fingerprint density at radius 1 is 0.833 bits per heavy atom. The summed E-state index contributed by atoms with van der Waals surface area (Å²) in [7, 11) is 0. The number of ether oxygens (including phenoxy) is 2. The second-order valence-electron chi connectivity index (χ2n) is 6.42. The lowest BCUT2D eigenvalue weighted by Gasteiger charge is -2.14. The molecule has 0 aliphatic rings. The minimum absolute atomic E-state index is 0.134. The van der Waals surface area contributed by atoms with Crippen LogP contribution in [-0.4, -0.2) is 19.1 Å². The first-order valence-electron chi connectivity index (χ1n) is 9.47. The van der Waals surface area contributed by atoms with Crippen LogP contribution in [0.1, 0.15) is 12.5 Å². The van der Waals surface area contributed by atoms with Crippen LogP contribution < -0.4 is 20.1 Å². The van der Waals surface area contributed by atoms with E-state index < -0.39 is 0 Å². The number of rotatable bonds is 9. The summed E-state index contributed by atoms with van der Waals surface area (Å²) in [5.74, 6) is 0.832. The first-order chi connectivity index (χ1) is 14.5. The van der Waals surface area contributed by atoms with Gasteiger partial charge < -0.3 is 20.1 Å². The molecule has 30 heavy (non-hydrogen) atoms. The van der Waals surface area contributed by atoms with Crippen LogP contribution in [-0.2, 0) is 11.3 Å². The number of hydrogen-bond donors (Lipinski definition) is 2. The van der Waals surface area contributed by atoms with Crippen LogP contribution in [0.25, 0.3) is 0 Å². The van der Waals surface area contributed by atoms with Gasteiger partial charge in [-0.3, -0.25) is 4.79 Å². The average Bonchev–Trinajstić information content (AvgIpc) is 2.74. The first kappa shape index (κ1) is 21.8. The average molecular weight is 445 g/mol. The van der Waals surface area contributed by atoms with E-state index in [1.807, 2.05) is 43.3 Å². The highest BCUT2D eigenvalue weighted by Gasteiger charge is 2.10. The van der Waals surface area contributed by atoms with Crippen LogP contribution in [0.4, 0.5) is 11.4 Å². The molecule has 0 aliphatic heterocycles. The Kier molecular flexibility index (Phi) is 7.82. The fraction of sp³-hybridized carbons (Fsp3) is 0.174. The van der Waals surface area contributed by atoms with Crippen LogP contribution in [0.3, 0.4) is 0 Å². The molecule has 0 saturated heterocycles. The molecule has 3 rings (SSSR count). The van der Waals surface area contributed by atoms with Gasteiger partial charge in [0, 0.05) is 28.0 Å². The minimum atomic E-state index is -0.270. The van der Waals surface area contributed by atoms with Crippen LogP contribution in [0.2, 0.25) is 10.0 Å². The number of halogens is 2. The lowest BCUT2D eigenvalue weighted by Crippen LogP contribution is -2.20. The summed E-state index contributed by atoms with van der Waals surface area (Å²) in [6, 6.07) is 20.0. The molecule has 0 bridgehead atoms. The molecule has 2 N–H and O–H groups in total. The highest BCUT2D eigenvalue weighted by Crippen LogP contribution is 2.29. The summed E-state index contributed by atoms with van der Waals surface area (Å²) in [6.45, 7) is 2.86. The molecule has 7 heteroatoms. The molecule has 3 aromatic rings. The van der Waals surface area contributed by atoms with Crippen molar-refractivity contribution in [3.63, 3.8) is 0 Å². The fourth-order valence-electron chi connectivity index (χ4n) is 2.70. The molecule has 5 nitrogen and oxygen atoms in total. The summed E-state index contributed by atoms with van der Waals surface area (Å²) in [4.78, 5) is 12.2. The van der Waals surface area contributed by atoms with Crippen LogP contribution in [0, 0.1) is 0 Å². The molecule has 0 aliphatic carbocycles. The van der Waals surface area contributed by atoms with Gasteiger partial charge in [-0.25, -0.2) is 0 Å². The van der Waals surface area contributed by atoms with Crippen molar-refractivity contribution in [2.45, 2.75) is 13.5 Å². The maximum atomic E-state index is 12.2. The largest absolute Gasteiger partial charge is 0.490 e. The standard InChI is InChI=1S/C23H22Cl2N2O3/c1-2-29-22-13-16(14-26-19-8-4-17(24)5-9-19)3-12-21(22)30-15-23(28)27-20-10-6-18(25)7-11-20/h3-13,26H,2,14-15H2,1H3,(H,27,28). The van der Waals surface area contributed by atoms with Gasteiger partial charge in [-0.2, -0.15) is 0 Å². The predicted octanol–water partition coefficient (Wildman–Crippen LogP) is 6.02. The summed E-state index contributed by atoms with van der Waals surface area (Å²) in [5.41, 5.74) is 2.64. The van der Waals surface area contributed by atoms with Gasteiger partial charge >= 0.3 is 0 Å². The SMILES string of the molecule is CCOc1cc(CNc2ccc(Cl)cc2)ccc1OCC(=O)Nc1ccc(Cl)cc1. The number of benzene rings is 3. The van der Waals surface area contributed by atoms with E-state index in [-0.39, 0.29) is 12.5 Å². The van der Waals surface area contributed by atoms with Gasteiger partial charge in [0.05, 0.1) is 6.61 Å². The minimum Gasteiger partial charge on any atom is -0.490 e. The quantitative estimate of drug-likeness (QED) is 0.423. The van der Waals surface area contributed by atoms with Gasteiger partial charge in [0.2, 0.25) is 0 Å². The predicted molar refractivity (Wildman–Crippen MR) is 122 cm³/mol. The highest BCUT2D eigenvalue weighted by atomic mass is 35.5. The normalized spacial score (nSPS) is 10.4. The zero-order valence-corrected chi connectivity index (χ0v) is 18.0. The van der Waals surface area contributed by atoms with Crippen LogP contribution in [0.15, 0.2) is 66.7 Å². The Balaban J connectivity index is 1.59. The molecule has 0 saturated carbocycles. The zero-order valence-electron chi connectivity index (χ0n) is 16.5. The molecule has 156 valence electrons. The van der Waals surface area contributed by atoms with Crippen molar-refractivity contribution < 1.29 is 14.3 Å². The van der Waals surface area contributed by atoms with Crippen molar-refractivity contribution >= 4 is 40.5 Å². The van der Waals surface area contributed by atoms with Crippen molar-refractivity contribution in [3.05, 3.63) is 82.3 Å². The van der Waals surface area contributed by atoms with Gasteiger partial charge in [-0.05, 0) is 73.2 Å². The number of anilines is 2. The zero-order chi connectivity index (χ0) is 21.3. The van der Waals surface area contributed by atoms with Crippen molar-refractivity contribution in [1.82, 2.24) is 0 Å². The molecule has 0 radical (unpaired) electrons. The lowest BCUT2D eigenvalue weighted by molar-refractivity contribution is -0.118. The Morgan fingerprint density at radius 3 is 2.10 bits per heavy atom. The summed E-state index contributed by atoms with van der Waals surface area (Å²) in [6.07, 6.45) is 0. The second kappa shape index (κ2) is 10.8. The van der Waals surface area contributed by atoms with Gasteiger partial charge in [0.25, 0.3) is 5.91 Å².